The molecule has 0 saturated carbocycles. The minimum Gasteiger partial charge on any atom is -0.388 e. The lowest BCUT2D eigenvalue weighted by molar-refractivity contribution is -0.870. The molecule has 0 aliphatic heterocycles. The van der Waals surface area contributed by atoms with Crippen molar-refractivity contribution in [3.05, 3.63) is 0 Å². The summed E-state index contributed by atoms with van der Waals surface area (Å²) in [6.45, 7) is 2.01. The molecule has 0 fully saturated rings. The van der Waals surface area contributed by atoms with Crippen molar-refractivity contribution in [2.75, 3.05) is 40.9 Å². The number of phosphoric ester groups is 1. The molecule has 0 spiro atoms. The Morgan fingerprint density at radius 3 is 2.11 bits per heavy atom. The van der Waals surface area contributed by atoms with E-state index in [9.17, 15) is 24.5 Å². The highest BCUT2D eigenvalue weighted by Gasteiger charge is 2.29. The third kappa shape index (κ3) is 15.3. The Bertz CT molecular complexity index is 453. The molecule has 0 aromatic rings. The van der Waals surface area contributed by atoms with Crippen molar-refractivity contribution in [1.29, 1.82) is 0 Å². The standard InChI is InChI=1S/C18H38NO7P/c1-5-6-7-8-9-10-11-12-16(20)18(22)17(21)15-26-27(23,24)25-14-13-19(2,3)4/h17-18,21-22H,5-15H2,1-4H3/p+1/t17-,18?/m0/s1. The first-order valence-corrected chi connectivity index (χ1v) is 11.3. The van der Waals surface area contributed by atoms with Crippen LogP contribution in [0.5, 0.6) is 0 Å². The zero-order valence-electron chi connectivity index (χ0n) is 17.3. The molecule has 3 N–H and O–H groups in total. The quantitative estimate of drug-likeness (QED) is 0.191. The average Bonchev–Trinajstić information content (AvgIpc) is 2.56. The Balaban J connectivity index is 4.02. The number of likely N-dealkylation sites (N-methyl/N-ethyl adjacent to an activating group) is 1. The van der Waals surface area contributed by atoms with Crippen LogP contribution in [-0.2, 0) is 18.4 Å². The number of phosphoric acid groups is 1. The number of nitrogens with zero attached hydrogens (tertiary/aromatic N) is 1. The van der Waals surface area contributed by atoms with Crippen LogP contribution in [-0.4, -0.2) is 78.5 Å². The van der Waals surface area contributed by atoms with Crippen molar-refractivity contribution in [2.45, 2.75) is 70.5 Å². The average molecular weight is 412 g/mol. The van der Waals surface area contributed by atoms with E-state index in [2.05, 4.69) is 11.4 Å². The Morgan fingerprint density at radius 2 is 1.56 bits per heavy atom. The van der Waals surface area contributed by atoms with E-state index in [0.29, 0.717) is 17.4 Å². The second kappa shape index (κ2) is 13.8. The lowest BCUT2D eigenvalue weighted by Gasteiger charge is -2.24. The van der Waals surface area contributed by atoms with E-state index in [-0.39, 0.29) is 13.0 Å². The summed E-state index contributed by atoms with van der Waals surface area (Å²) in [5.74, 6) is -0.488. The van der Waals surface area contributed by atoms with Crippen LogP contribution in [0.3, 0.4) is 0 Å². The number of aliphatic hydroxyl groups excluding tert-OH is 2. The van der Waals surface area contributed by atoms with E-state index in [4.69, 9.17) is 4.52 Å². The van der Waals surface area contributed by atoms with Crippen LogP contribution >= 0.6 is 7.82 Å². The van der Waals surface area contributed by atoms with Crippen LogP contribution in [0, 0.1) is 0 Å². The maximum Gasteiger partial charge on any atom is 0.472 e. The van der Waals surface area contributed by atoms with E-state index >= 15 is 0 Å². The highest BCUT2D eigenvalue weighted by molar-refractivity contribution is 7.47. The van der Waals surface area contributed by atoms with Gasteiger partial charge in [0.25, 0.3) is 0 Å². The first-order chi connectivity index (χ1) is 12.5. The van der Waals surface area contributed by atoms with Gasteiger partial charge in [-0.25, -0.2) is 4.57 Å². The third-order valence-electron chi connectivity index (χ3n) is 4.15. The summed E-state index contributed by atoms with van der Waals surface area (Å²) >= 11 is 0. The molecule has 0 amide bonds. The minimum atomic E-state index is -4.33. The maximum absolute atomic E-state index is 11.9. The Kier molecular flexibility index (Phi) is 13.6. The molecule has 0 aliphatic carbocycles. The zero-order valence-corrected chi connectivity index (χ0v) is 18.2. The fourth-order valence-corrected chi connectivity index (χ4v) is 3.08. The maximum atomic E-state index is 11.9. The highest BCUT2D eigenvalue weighted by Crippen LogP contribution is 2.43. The van der Waals surface area contributed by atoms with E-state index < -0.39 is 32.4 Å². The van der Waals surface area contributed by atoms with Gasteiger partial charge in [0.05, 0.1) is 27.7 Å². The van der Waals surface area contributed by atoms with Gasteiger partial charge in [0.15, 0.2) is 5.78 Å². The number of hydrogen-bond donors (Lipinski definition) is 3. The molecular weight excluding hydrogens is 373 g/mol. The van der Waals surface area contributed by atoms with Gasteiger partial charge in [0.2, 0.25) is 0 Å². The van der Waals surface area contributed by atoms with Gasteiger partial charge in [0, 0.05) is 6.42 Å². The van der Waals surface area contributed by atoms with E-state index in [1.807, 2.05) is 21.1 Å². The summed E-state index contributed by atoms with van der Waals surface area (Å²) in [7, 11) is 1.38. The fourth-order valence-electron chi connectivity index (χ4n) is 2.35. The van der Waals surface area contributed by atoms with Crippen LogP contribution in [0.15, 0.2) is 0 Å². The third-order valence-corrected chi connectivity index (χ3v) is 5.13. The van der Waals surface area contributed by atoms with Crippen molar-refractivity contribution in [1.82, 2.24) is 0 Å². The zero-order chi connectivity index (χ0) is 20.9. The molecular formula is C18H39NO7P+. The minimum absolute atomic E-state index is 0.00706. The summed E-state index contributed by atoms with van der Waals surface area (Å²) in [5, 5.41) is 19.7. The van der Waals surface area contributed by atoms with Gasteiger partial charge in [-0.1, -0.05) is 45.4 Å². The number of aliphatic hydroxyl groups is 2. The summed E-state index contributed by atoms with van der Waals surface area (Å²) in [6, 6.07) is 0. The topological polar surface area (TPSA) is 113 Å². The number of hydrogen-bond acceptors (Lipinski definition) is 6. The molecule has 0 aromatic carbocycles. The molecule has 0 aromatic heterocycles. The van der Waals surface area contributed by atoms with Gasteiger partial charge >= 0.3 is 7.82 Å². The first-order valence-electron chi connectivity index (χ1n) is 9.79. The molecule has 27 heavy (non-hydrogen) atoms. The number of rotatable bonds is 17. The molecule has 0 rings (SSSR count). The lowest BCUT2D eigenvalue weighted by Crippen LogP contribution is -2.38. The van der Waals surface area contributed by atoms with E-state index in [1.54, 1.807) is 0 Å². The molecule has 8 nitrogen and oxygen atoms in total. The molecule has 9 heteroatoms. The van der Waals surface area contributed by atoms with Crippen molar-refractivity contribution in [3.8, 4) is 0 Å². The van der Waals surface area contributed by atoms with Crippen LogP contribution in [0.4, 0.5) is 0 Å². The van der Waals surface area contributed by atoms with Crippen molar-refractivity contribution in [2.24, 2.45) is 0 Å². The second-order valence-corrected chi connectivity index (χ2v) is 9.41. The van der Waals surface area contributed by atoms with Gasteiger partial charge in [-0.3, -0.25) is 13.8 Å². The Labute approximate surface area is 163 Å². The van der Waals surface area contributed by atoms with Crippen LogP contribution in [0.2, 0.25) is 0 Å². The SMILES string of the molecule is CCCCCCCCCC(=O)C(O)[C@@H](O)COP(=O)(O)OCC[N+](C)(C)C. The largest absolute Gasteiger partial charge is 0.472 e. The van der Waals surface area contributed by atoms with Crippen LogP contribution in [0.25, 0.3) is 0 Å². The second-order valence-electron chi connectivity index (χ2n) is 7.96. The predicted molar refractivity (Wildman–Crippen MR) is 104 cm³/mol. The Hall–Kier alpha value is -0.340. The van der Waals surface area contributed by atoms with Gasteiger partial charge in [-0.2, -0.15) is 0 Å². The van der Waals surface area contributed by atoms with Crippen molar-refractivity contribution < 1.29 is 38.0 Å². The fraction of sp³-hybridized carbons (Fsp3) is 0.944. The van der Waals surface area contributed by atoms with Crippen LogP contribution < -0.4 is 0 Å². The normalized spacial score (nSPS) is 16.7. The molecule has 0 radical (unpaired) electrons. The number of quaternary nitrogens is 1. The molecule has 0 saturated heterocycles. The number of unbranched alkanes of at least 4 members (excludes halogenated alkanes) is 6. The van der Waals surface area contributed by atoms with Gasteiger partial charge in [-0.15, -0.1) is 0 Å². The first kappa shape index (κ1) is 26.7. The van der Waals surface area contributed by atoms with Crippen molar-refractivity contribution in [3.63, 3.8) is 0 Å². The summed E-state index contributed by atoms with van der Waals surface area (Å²) in [6.07, 6.45) is 4.33. The summed E-state index contributed by atoms with van der Waals surface area (Å²) < 4.78 is 21.8. The number of Topliss-reactive ketones (excluding diaryl/α,β-unsaturated/α-hetero) is 1. The highest BCUT2D eigenvalue weighted by atomic mass is 31.2. The number of carbonyl (C=O) groups excluding carboxylic acids is 1. The lowest BCUT2D eigenvalue weighted by atomic mass is 10.0. The van der Waals surface area contributed by atoms with Crippen molar-refractivity contribution >= 4 is 13.6 Å². The summed E-state index contributed by atoms with van der Waals surface area (Å²) in [4.78, 5) is 21.5. The summed E-state index contributed by atoms with van der Waals surface area (Å²) in [5.41, 5.74) is 0. The monoisotopic (exact) mass is 412 g/mol. The molecule has 162 valence electrons. The van der Waals surface area contributed by atoms with E-state index in [1.165, 1.54) is 19.3 Å². The molecule has 0 bridgehead atoms. The molecule has 3 atom stereocenters. The van der Waals surface area contributed by atoms with Gasteiger partial charge in [0.1, 0.15) is 25.4 Å². The number of carbonyl (C=O) groups is 1. The Morgan fingerprint density at radius 1 is 1.00 bits per heavy atom. The van der Waals surface area contributed by atoms with E-state index in [0.717, 1.165) is 19.3 Å². The smallest absolute Gasteiger partial charge is 0.388 e. The van der Waals surface area contributed by atoms with Crippen LogP contribution in [0.1, 0.15) is 58.3 Å². The molecule has 0 aliphatic rings. The molecule has 0 heterocycles. The van der Waals surface area contributed by atoms with Gasteiger partial charge < -0.3 is 19.6 Å². The number of ketones is 1. The predicted octanol–water partition coefficient (Wildman–Crippen LogP) is 2.26. The van der Waals surface area contributed by atoms with Gasteiger partial charge in [-0.05, 0) is 6.42 Å². The molecule has 2 unspecified atom stereocenters.